The molecule has 1 fully saturated rings. The maximum Gasteiger partial charge on any atom is 0.253 e. The molecular formula is C21H26N2O2. The minimum absolute atomic E-state index is 0.0953. The number of carbonyl (C=O) groups is 1. The largest absolute Gasteiger partial charge is 0.457 e. The van der Waals surface area contributed by atoms with Gasteiger partial charge in [0.15, 0.2) is 0 Å². The highest BCUT2D eigenvalue weighted by Crippen LogP contribution is 2.23. The molecule has 0 saturated carbocycles. The second-order valence-electron chi connectivity index (χ2n) is 6.78. The average Bonchev–Trinajstić information content (AvgIpc) is 2.88. The highest BCUT2D eigenvalue weighted by Gasteiger charge is 2.22. The Kier molecular flexibility index (Phi) is 5.71. The van der Waals surface area contributed by atoms with Crippen LogP contribution in [0.25, 0.3) is 0 Å². The molecule has 1 amide bonds. The van der Waals surface area contributed by atoms with Crippen LogP contribution in [0.4, 0.5) is 0 Å². The van der Waals surface area contributed by atoms with Crippen LogP contribution in [0.1, 0.15) is 29.6 Å². The van der Waals surface area contributed by atoms with Gasteiger partial charge in [0.1, 0.15) is 11.5 Å². The van der Waals surface area contributed by atoms with E-state index in [1.54, 1.807) is 0 Å². The number of ether oxygens (including phenoxy) is 1. The van der Waals surface area contributed by atoms with Gasteiger partial charge in [-0.3, -0.25) is 4.79 Å². The number of hydrogen-bond donors (Lipinski definition) is 0. The highest BCUT2D eigenvalue weighted by molar-refractivity contribution is 5.94. The second-order valence-corrected chi connectivity index (χ2v) is 6.78. The molecule has 25 heavy (non-hydrogen) atoms. The fourth-order valence-electron chi connectivity index (χ4n) is 3.30. The molecule has 1 atom stereocenters. The number of nitrogens with zero attached hydrogens (tertiary/aromatic N) is 2. The molecule has 0 bridgehead atoms. The fourth-order valence-corrected chi connectivity index (χ4v) is 3.30. The molecule has 132 valence electrons. The van der Waals surface area contributed by atoms with Crippen molar-refractivity contribution in [3.63, 3.8) is 0 Å². The SMILES string of the molecule is CN(C)[C@@H]1CCCN(C(=O)c2cccc(Oc3ccccc3)c2)CC1. The number of amides is 1. The van der Waals surface area contributed by atoms with E-state index in [1.807, 2.05) is 59.5 Å². The molecule has 0 aromatic heterocycles. The molecule has 1 saturated heterocycles. The van der Waals surface area contributed by atoms with E-state index in [9.17, 15) is 4.79 Å². The van der Waals surface area contributed by atoms with Gasteiger partial charge in [0.25, 0.3) is 5.91 Å². The summed E-state index contributed by atoms with van der Waals surface area (Å²) in [4.78, 5) is 17.1. The first-order chi connectivity index (χ1) is 12.1. The third kappa shape index (κ3) is 4.60. The van der Waals surface area contributed by atoms with Gasteiger partial charge in [0, 0.05) is 24.7 Å². The van der Waals surface area contributed by atoms with Crippen LogP contribution in [-0.4, -0.2) is 48.9 Å². The van der Waals surface area contributed by atoms with Crippen LogP contribution in [0.3, 0.4) is 0 Å². The van der Waals surface area contributed by atoms with Crippen LogP contribution in [0.2, 0.25) is 0 Å². The van der Waals surface area contributed by atoms with Crippen LogP contribution >= 0.6 is 0 Å². The average molecular weight is 338 g/mol. The Balaban J connectivity index is 1.69. The van der Waals surface area contributed by atoms with Crippen LogP contribution in [0, 0.1) is 0 Å². The van der Waals surface area contributed by atoms with Crippen molar-refractivity contribution in [1.82, 2.24) is 9.80 Å². The first-order valence-electron chi connectivity index (χ1n) is 8.92. The smallest absolute Gasteiger partial charge is 0.253 e. The Morgan fingerprint density at radius 2 is 1.76 bits per heavy atom. The van der Waals surface area contributed by atoms with Crippen molar-refractivity contribution in [2.24, 2.45) is 0 Å². The maximum atomic E-state index is 12.9. The van der Waals surface area contributed by atoms with Crippen molar-refractivity contribution in [3.8, 4) is 11.5 Å². The summed E-state index contributed by atoms with van der Waals surface area (Å²) in [5.74, 6) is 1.56. The Bertz CT molecular complexity index is 700. The molecule has 0 radical (unpaired) electrons. The number of para-hydroxylation sites is 1. The van der Waals surface area contributed by atoms with Gasteiger partial charge in [-0.15, -0.1) is 0 Å². The zero-order valence-corrected chi connectivity index (χ0v) is 15.0. The zero-order valence-electron chi connectivity index (χ0n) is 15.0. The van der Waals surface area contributed by atoms with Crippen molar-refractivity contribution in [2.75, 3.05) is 27.2 Å². The molecule has 0 spiro atoms. The molecule has 0 unspecified atom stereocenters. The van der Waals surface area contributed by atoms with Crippen LogP contribution in [-0.2, 0) is 0 Å². The van der Waals surface area contributed by atoms with E-state index in [2.05, 4.69) is 19.0 Å². The van der Waals surface area contributed by atoms with Crippen molar-refractivity contribution in [2.45, 2.75) is 25.3 Å². The van der Waals surface area contributed by atoms with Gasteiger partial charge in [-0.25, -0.2) is 0 Å². The van der Waals surface area contributed by atoms with E-state index in [1.165, 1.54) is 0 Å². The number of carbonyl (C=O) groups excluding carboxylic acids is 1. The third-order valence-corrected chi connectivity index (χ3v) is 4.78. The van der Waals surface area contributed by atoms with Crippen LogP contribution < -0.4 is 4.74 Å². The number of hydrogen-bond acceptors (Lipinski definition) is 3. The molecule has 1 aliphatic heterocycles. The Hall–Kier alpha value is -2.33. The van der Waals surface area contributed by atoms with Gasteiger partial charge < -0.3 is 14.5 Å². The molecule has 2 aromatic carbocycles. The molecule has 0 N–H and O–H groups in total. The Morgan fingerprint density at radius 3 is 2.52 bits per heavy atom. The summed E-state index contributed by atoms with van der Waals surface area (Å²) in [6.45, 7) is 1.64. The van der Waals surface area contributed by atoms with E-state index in [-0.39, 0.29) is 5.91 Å². The summed E-state index contributed by atoms with van der Waals surface area (Å²) >= 11 is 0. The molecule has 1 heterocycles. The molecule has 1 aliphatic rings. The van der Waals surface area contributed by atoms with E-state index in [4.69, 9.17) is 4.74 Å². The van der Waals surface area contributed by atoms with Gasteiger partial charge in [-0.05, 0) is 63.7 Å². The quantitative estimate of drug-likeness (QED) is 0.843. The Labute approximate surface area is 150 Å². The van der Waals surface area contributed by atoms with Crippen molar-refractivity contribution in [3.05, 3.63) is 60.2 Å². The number of likely N-dealkylation sites (tertiary alicyclic amines) is 1. The lowest BCUT2D eigenvalue weighted by molar-refractivity contribution is 0.0758. The van der Waals surface area contributed by atoms with E-state index >= 15 is 0 Å². The summed E-state index contributed by atoms with van der Waals surface area (Å²) in [6.07, 6.45) is 3.22. The van der Waals surface area contributed by atoms with Gasteiger partial charge in [-0.2, -0.15) is 0 Å². The molecule has 4 nitrogen and oxygen atoms in total. The first kappa shape index (κ1) is 17.5. The molecule has 3 rings (SSSR count). The topological polar surface area (TPSA) is 32.8 Å². The molecule has 0 aliphatic carbocycles. The van der Waals surface area contributed by atoms with E-state index in [0.29, 0.717) is 17.4 Å². The first-order valence-corrected chi connectivity index (χ1v) is 8.92. The lowest BCUT2D eigenvalue weighted by Gasteiger charge is -2.23. The Morgan fingerprint density at radius 1 is 1.00 bits per heavy atom. The van der Waals surface area contributed by atoms with Gasteiger partial charge in [0.05, 0.1) is 0 Å². The molecule has 2 aromatic rings. The minimum atomic E-state index is 0.0953. The van der Waals surface area contributed by atoms with Crippen molar-refractivity contribution in [1.29, 1.82) is 0 Å². The number of benzene rings is 2. The van der Waals surface area contributed by atoms with Crippen molar-refractivity contribution < 1.29 is 9.53 Å². The monoisotopic (exact) mass is 338 g/mol. The number of rotatable bonds is 4. The predicted octanol–water partition coefficient (Wildman–Crippen LogP) is 4.04. The highest BCUT2D eigenvalue weighted by atomic mass is 16.5. The van der Waals surface area contributed by atoms with Gasteiger partial charge >= 0.3 is 0 Å². The summed E-state index contributed by atoms with van der Waals surface area (Å²) in [6, 6.07) is 17.7. The summed E-state index contributed by atoms with van der Waals surface area (Å²) < 4.78 is 5.85. The summed E-state index contributed by atoms with van der Waals surface area (Å²) in [7, 11) is 4.24. The van der Waals surface area contributed by atoms with Crippen LogP contribution in [0.5, 0.6) is 11.5 Å². The van der Waals surface area contributed by atoms with Gasteiger partial charge in [-0.1, -0.05) is 24.3 Å². The van der Waals surface area contributed by atoms with E-state index in [0.717, 1.165) is 38.1 Å². The summed E-state index contributed by atoms with van der Waals surface area (Å²) in [5.41, 5.74) is 0.691. The molecular weight excluding hydrogens is 312 g/mol. The van der Waals surface area contributed by atoms with Crippen LogP contribution in [0.15, 0.2) is 54.6 Å². The maximum absolute atomic E-state index is 12.9. The zero-order chi connectivity index (χ0) is 17.6. The minimum Gasteiger partial charge on any atom is -0.457 e. The third-order valence-electron chi connectivity index (χ3n) is 4.78. The van der Waals surface area contributed by atoms with E-state index < -0.39 is 0 Å². The second kappa shape index (κ2) is 8.17. The fraction of sp³-hybridized carbons (Fsp3) is 0.381. The predicted molar refractivity (Wildman–Crippen MR) is 100 cm³/mol. The standard InChI is InChI=1S/C21H26N2O2/c1-22(2)18-9-7-14-23(15-13-18)21(24)17-8-6-12-20(16-17)25-19-10-4-3-5-11-19/h3-6,8,10-12,16,18H,7,9,13-15H2,1-2H3/t18-/m1/s1. The lowest BCUT2D eigenvalue weighted by Crippen LogP contribution is -2.33. The lowest BCUT2D eigenvalue weighted by atomic mass is 10.1. The molecule has 4 heteroatoms. The summed E-state index contributed by atoms with van der Waals surface area (Å²) in [5, 5.41) is 0. The normalized spacial score (nSPS) is 18.0. The van der Waals surface area contributed by atoms with Crippen molar-refractivity contribution >= 4 is 5.91 Å². The van der Waals surface area contributed by atoms with Gasteiger partial charge in [0.2, 0.25) is 0 Å².